The Kier molecular flexibility index (Phi) is 8.02. The summed E-state index contributed by atoms with van der Waals surface area (Å²) in [5, 5.41) is 0. The summed E-state index contributed by atoms with van der Waals surface area (Å²) in [7, 11) is 0. The highest BCUT2D eigenvalue weighted by Crippen LogP contribution is 2.28. The van der Waals surface area contributed by atoms with Crippen LogP contribution < -0.4 is 14.2 Å². The lowest BCUT2D eigenvalue weighted by molar-refractivity contribution is -0.274. The van der Waals surface area contributed by atoms with E-state index in [1.807, 2.05) is 12.1 Å². The van der Waals surface area contributed by atoms with Crippen LogP contribution in [0.4, 0.5) is 13.2 Å². The molecule has 0 N–H and O–H groups in total. The van der Waals surface area contributed by atoms with Gasteiger partial charge in [-0.25, -0.2) is 0 Å². The Morgan fingerprint density at radius 3 is 2.00 bits per heavy atom. The van der Waals surface area contributed by atoms with Gasteiger partial charge in [0, 0.05) is 13.1 Å². The summed E-state index contributed by atoms with van der Waals surface area (Å²) >= 11 is 0. The number of alkyl halides is 3. The van der Waals surface area contributed by atoms with Crippen molar-refractivity contribution in [1.82, 2.24) is 4.90 Å². The van der Waals surface area contributed by atoms with Crippen molar-refractivity contribution in [3.8, 4) is 23.0 Å². The Hall–Kier alpha value is -2.67. The average Bonchev–Trinajstić information content (AvgIpc) is 2.73. The molecule has 162 valence electrons. The van der Waals surface area contributed by atoms with E-state index in [1.165, 1.54) is 30.7 Å². The van der Waals surface area contributed by atoms with Crippen LogP contribution in [0.3, 0.4) is 0 Å². The van der Waals surface area contributed by atoms with Crippen LogP contribution in [0.15, 0.2) is 60.7 Å². The minimum atomic E-state index is -4.71. The van der Waals surface area contributed by atoms with Gasteiger partial charge in [-0.1, -0.05) is 12.2 Å². The normalized spacial score (nSPS) is 14.5. The van der Waals surface area contributed by atoms with E-state index in [9.17, 15) is 13.2 Å². The second-order valence-corrected chi connectivity index (χ2v) is 7.06. The quantitative estimate of drug-likeness (QED) is 0.338. The number of benzene rings is 2. The van der Waals surface area contributed by atoms with E-state index >= 15 is 0 Å². The van der Waals surface area contributed by atoms with Gasteiger partial charge < -0.3 is 14.2 Å². The predicted molar refractivity (Wildman–Crippen MR) is 109 cm³/mol. The number of rotatable bonds is 10. The molecule has 3 rings (SSSR count). The molecule has 0 bridgehead atoms. The SMILES string of the molecule is FC(F)(F)Oc1ccc(Oc2ccc(OCCCCCN3CC=CCC3)cc2)cc1. The molecule has 0 radical (unpaired) electrons. The fourth-order valence-corrected chi connectivity index (χ4v) is 3.15. The van der Waals surface area contributed by atoms with Gasteiger partial charge in [-0.15, -0.1) is 13.2 Å². The number of ether oxygens (including phenoxy) is 3. The molecule has 0 fully saturated rings. The molecule has 0 atom stereocenters. The number of hydrogen-bond acceptors (Lipinski definition) is 4. The lowest BCUT2D eigenvalue weighted by Gasteiger charge is -2.22. The van der Waals surface area contributed by atoms with Crippen molar-refractivity contribution in [3.05, 3.63) is 60.7 Å². The van der Waals surface area contributed by atoms with Crippen molar-refractivity contribution in [2.45, 2.75) is 32.0 Å². The molecule has 0 spiro atoms. The van der Waals surface area contributed by atoms with Gasteiger partial charge in [0.15, 0.2) is 0 Å². The van der Waals surface area contributed by atoms with Crippen LogP contribution in [0.25, 0.3) is 0 Å². The molecular formula is C23H26F3NO3. The van der Waals surface area contributed by atoms with Gasteiger partial charge in [0.1, 0.15) is 23.0 Å². The third-order valence-electron chi connectivity index (χ3n) is 4.65. The molecule has 2 aromatic rings. The number of halogens is 3. The molecule has 1 heterocycles. The van der Waals surface area contributed by atoms with Gasteiger partial charge in [0.25, 0.3) is 0 Å². The third-order valence-corrected chi connectivity index (χ3v) is 4.65. The Labute approximate surface area is 174 Å². The first-order valence-electron chi connectivity index (χ1n) is 10.1. The Balaban J connectivity index is 1.34. The van der Waals surface area contributed by atoms with Crippen LogP contribution in [0.5, 0.6) is 23.0 Å². The molecule has 2 aromatic carbocycles. The molecule has 0 aliphatic carbocycles. The largest absolute Gasteiger partial charge is 0.573 e. The highest BCUT2D eigenvalue weighted by atomic mass is 19.4. The fraction of sp³-hybridized carbons (Fsp3) is 0.391. The summed E-state index contributed by atoms with van der Waals surface area (Å²) in [5.74, 6) is 1.47. The maximum absolute atomic E-state index is 12.2. The molecule has 0 saturated carbocycles. The Morgan fingerprint density at radius 2 is 1.40 bits per heavy atom. The molecule has 0 amide bonds. The monoisotopic (exact) mass is 421 g/mol. The van der Waals surface area contributed by atoms with Gasteiger partial charge >= 0.3 is 6.36 Å². The maximum Gasteiger partial charge on any atom is 0.573 e. The maximum atomic E-state index is 12.2. The highest BCUT2D eigenvalue weighted by molar-refractivity contribution is 5.37. The van der Waals surface area contributed by atoms with Gasteiger partial charge in [0.2, 0.25) is 0 Å². The van der Waals surface area contributed by atoms with Crippen molar-refractivity contribution in [2.24, 2.45) is 0 Å². The molecule has 1 aliphatic heterocycles. The molecule has 7 heteroatoms. The fourth-order valence-electron chi connectivity index (χ4n) is 3.15. The average molecular weight is 421 g/mol. The lowest BCUT2D eigenvalue weighted by atomic mass is 10.2. The van der Waals surface area contributed by atoms with E-state index in [0.29, 0.717) is 18.1 Å². The standard InChI is InChI=1S/C23H26F3NO3/c24-23(25,26)30-22-13-11-21(12-14-22)29-20-9-7-19(8-10-20)28-18-6-2-5-17-27-15-3-1-4-16-27/h1,3,7-14H,2,4-6,15-18H2. The summed E-state index contributed by atoms with van der Waals surface area (Å²) in [6.45, 7) is 4.03. The van der Waals surface area contributed by atoms with Crippen LogP contribution in [-0.4, -0.2) is 37.5 Å². The van der Waals surface area contributed by atoms with Gasteiger partial charge in [-0.2, -0.15) is 0 Å². The first kappa shape index (κ1) is 22.0. The summed E-state index contributed by atoms with van der Waals surface area (Å²) in [6.07, 6.45) is 4.24. The minimum Gasteiger partial charge on any atom is -0.494 e. The second kappa shape index (κ2) is 10.9. The van der Waals surface area contributed by atoms with E-state index in [4.69, 9.17) is 9.47 Å². The van der Waals surface area contributed by atoms with Gasteiger partial charge in [0.05, 0.1) is 6.61 Å². The molecule has 0 saturated heterocycles. The summed E-state index contributed by atoms with van der Waals surface area (Å²) in [5.41, 5.74) is 0. The van der Waals surface area contributed by atoms with E-state index < -0.39 is 6.36 Å². The second-order valence-electron chi connectivity index (χ2n) is 7.06. The van der Waals surface area contributed by atoms with Crippen molar-refractivity contribution in [2.75, 3.05) is 26.2 Å². The Bertz CT molecular complexity index is 789. The zero-order valence-corrected chi connectivity index (χ0v) is 16.7. The van der Waals surface area contributed by atoms with E-state index in [-0.39, 0.29) is 5.75 Å². The molecular weight excluding hydrogens is 395 g/mol. The first-order chi connectivity index (χ1) is 14.5. The summed E-state index contributed by atoms with van der Waals surface area (Å²) in [6, 6.07) is 12.4. The summed E-state index contributed by atoms with van der Waals surface area (Å²) in [4.78, 5) is 2.47. The number of unbranched alkanes of at least 4 members (excludes halogenated alkanes) is 2. The topological polar surface area (TPSA) is 30.9 Å². The zero-order chi connectivity index (χ0) is 21.2. The van der Waals surface area contributed by atoms with E-state index in [1.54, 1.807) is 12.1 Å². The van der Waals surface area contributed by atoms with E-state index in [0.717, 1.165) is 44.6 Å². The van der Waals surface area contributed by atoms with Crippen LogP contribution in [0.2, 0.25) is 0 Å². The van der Waals surface area contributed by atoms with Crippen LogP contribution in [0.1, 0.15) is 25.7 Å². The van der Waals surface area contributed by atoms with Gasteiger partial charge in [-0.3, -0.25) is 4.90 Å². The van der Waals surface area contributed by atoms with Crippen LogP contribution in [0, 0.1) is 0 Å². The van der Waals surface area contributed by atoms with Crippen molar-refractivity contribution in [3.63, 3.8) is 0 Å². The molecule has 4 nitrogen and oxygen atoms in total. The van der Waals surface area contributed by atoms with Gasteiger partial charge in [-0.05, 0) is 80.8 Å². The lowest BCUT2D eigenvalue weighted by Crippen LogP contribution is -2.28. The predicted octanol–water partition coefficient (Wildman–Crippen LogP) is 6.19. The molecule has 0 unspecified atom stereocenters. The minimum absolute atomic E-state index is 0.286. The number of nitrogens with zero attached hydrogens (tertiary/aromatic N) is 1. The third kappa shape index (κ3) is 7.99. The van der Waals surface area contributed by atoms with Crippen molar-refractivity contribution < 1.29 is 27.4 Å². The smallest absolute Gasteiger partial charge is 0.494 e. The van der Waals surface area contributed by atoms with Crippen molar-refractivity contribution >= 4 is 0 Å². The molecule has 1 aliphatic rings. The van der Waals surface area contributed by atoms with Crippen LogP contribution >= 0.6 is 0 Å². The molecule has 0 aromatic heterocycles. The number of hydrogen-bond donors (Lipinski definition) is 0. The van der Waals surface area contributed by atoms with Crippen molar-refractivity contribution in [1.29, 1.82) is 0 Å². The Morgan fingerprint density at radius 1 is 0.767 bits per heavy atom. The van der Waals surface area contributed by atoms with Crippen LogP contribution in [-0.2, 0) is 0 Å². The first-order valence-corrected chi connectivity index (χ1v) is 10.1. The highest BCUT2D eigenvalue weighted by Gasteiger charge is 2.30. The zero-order valence-electron chi connectivity index (χ0n) is 16.7. The molecule has 30 heavy (non-hydrogen) atoms. The van der Waals surface area contributed by atoms with E-state index in [2.05, 4.69) is 21.8 Å². The summed E-state index contributed by atoms with van der Waals surface area (Å²) < 4.78 is 51.8.